The molecule has 0 fully saturated rings. The maximum atomic E-state index is 12.1. The van der Waals surface area contributed by atoms with Gasteiger partial charge in [0.1, 0.15) is 6.54 Å². The lowest BCUT2D eigenvalue weighted by Gasteiger charge is -2.05. The van der Waals surface area contributed by atoms with Crippen molar-refractivity contribution < 1.29 is 9.59 Å². The van der Waals surface area contributed by atoms with Crippen LogP contribution >= 0.6 is 27.5 Å². The Hall–Kier alpha value is -1.86. The first-order chi connectivity index (χ1) is 9.45. The average Bonchev–Trinajstić information content (AvgIpc) is 2.78. The van der Waals surface area contributed by atoms with E-state index < -0.39 is 5.91 Å². The number of nitrogens with one attached hydrogen (secondary N) is 1. The van der Waals surface area contributed by atoms with Crippen LogP contribution < -0.4 is 11.1 Å². The van der Waals surface area contributed by atoms with Gasteiger partial charge in [-0.15, -0.1) is 0 Å². The monoisotopic (exact) mass is 356 g/mol. The van der Waals surface area contributed by atoms with Crippen molar-refractivity contribution in [2.75, 3.05) is 5.32 Å². The second-order valence-electron chi connectivity index (χ2n) is 3.97. The summed E-state index contributed by atoms with van der Waals surface area (Å²) in [5, 5.41) is 6.88. The van der Waals surface area contributed by atoms with E-state index in [1.165, 1.54) is 17.1 Å². The average molecular weight is 358 g/mol. The number of carbonyl (C=O) groups excluding carboxylic acids is 2. The Morgan fingerprint density at radius 3 is 2.90 bits per heavy atom. The molecular weight excluding hydrogens is 348 g/mol. The Balaban J connectivity index is 2.13. The number of halogens is 2. The lowest BCUT2D eigenvalue weighted by atomic mass is 10.2. The minimum absolute atomic E-state index is 0.0481. The van der Waals surface area contributed by atoms with Crippen LogP contribution in [0.25, 0.3) is 0 Å². The number of amides is 2. The van der Waals surface area contributed by atoms with Gasteiger partial charge in [0.15, 0.2) is 0 Å². The van der Waals surface area contributed by atoms with Gasteiger partial charge in [0, 0.05) is 10.7 Å². The SMILES string of the molecule is NC(=O)Cn1cc(NC(=O)c2cc(Br)ccc2Cl)cn1. The third-order valence-corrected chi connectivity index (χ3v) is 3.20. The summed E-state index contributed by atoms with van der Waals surface area (Å²) in [4.78, 5) is 22.8. The van der Waals surface area contributed by atoms with E-state index in [2.05, 4.69) is 26.3 Å². The predicted molar refractivity (Wildman–Crippen MR) is 78.5 cm³/mol. The predicted octanol–water partition coefficient (Wildman–Crippen LogP) is 2.04. The molecule has 2 amide bonds. The molecule has 104 valence electrons. The van der Waals surface area contributed by atoms with Crippen LogP contribution in [0.2, 0.25) is 5.02 Å². The first-order valence-corrected chi connectivity index (χ1v) is 6.70. The molecule has 1 heterocycles. The van der Waals surface area contributed by atoms with Crippen LogP contribution in [-0.2, 0) is 11.3 Å². The Bertz CT molecular complexity index is 671. The molecule has 8 heteroatoms. The van der Waals surface area contributed by atoms with Crippen molar-refractivity contribution in [3.05, 3.63) is 45.7 Å². The lowest BCUT2D eigenvalue weighted by Crippen LogP contribution is -2.18. The van der Waals surface area contributed by atoms with Crippen LogP contribution in [0.5, 0.6) is 0 Å². The number of benzene rings is 1. The summed E-state index contributed by atoms with van der Waals surface area (Å²) in [7, 11) is 0. The molecule has 1 aromatic carbocycles. The summed E-state index contributed by atoms with van der Waals surface area (Å²) in [5.74, 6) is -0.879. The van der Waals surface area contributed by atoms with E-state index in [0.717, 1.165) is 4.47 Å². The number of carbonyl (C=O) groups is 2. The number of anilines is 1. The van der Waals surface area contributed by atoms with Gasteiger partial charge in [0.05, 0.1) is 22.5 Å². The highest BCUT2D eigenvalue weighted by Crippen LogP contribution is 2.22. The summed E-state index contributed by atoms with van der Waals surface area (Å²) < 4.78 is 2.08. The van der Waals surface area contributed by atoms with Crippen molar-refractivity contribution in [3.8, 4) is 0 Å². The highest BCUT2D eigenvalue weighted by Gasteiger charge is 2.12. The molecule has 3 N–H and O–H groups in total. The Labute approximate surface area is 128 Å². The highest BCUT2D eigenvalue weighted by atomic mass is 79.9. The van der Waals surface area contributed by atoms with Crippen molar-refractivity contribution in [1.29, 1.82) is 0 Å². The highest BCUT2D eigenvalue weighted by molar-refractivity contribution is 9.10. The Kier molecular flexibility index (Phi) is 4.41. The van der Waals surface area contributed by atoms with Gasteiger partial charge < -0.3 is 11.1 Å². The van der Waals surface area contributed by atoms with Crippen molar-refractivity contribution in [1.82, 2.24) is 9.78 Å². The summed E-state index contributed by atoms with van der Waals surface area (Å²) in [6.07, 6.45) is 2.93. The number of hydrogen-bond donors (Lipinski definition) is 2. The second kappa shape index (κ2) is 6.06. The molecule has 0 unspecified atom stereocenters. The largest absolute Gasteiger partial charge is 0.368 e. The molecule has 2 aromatic rings. The third kappa shape index (κ3) is 3.58. The lowest BCUT2D eigenvalue weighted by molar-refractivity contribution is -0.118. The van der Waals surface area contributed by atoms with Gasteiger partial charge in [-0.3, -0.25) is 14.3 Å². The van der Waals surface area contributed by atoms with E-state index in [0.29, 0.717) is 16.3 Å². The number of hydrogen-bond acceptors (Lipinski definition) is 3. The van der Waals surface area contributed by atoms with Crippen LogP contribution in [0, 0.1) is 0 Å². The minimum Gasteiger partial charge on any atom is -0.368 e. The van der Waals surface area contributed by atoms with Crippen molar-refractivity contribution in [2.24, 2.45) is 5.73 Å². The Morgan fingerprint density at radius 2 is 2.20 bits per heavy atom. The standard InChI is InChI=1S/C12H10BrClN4O2/c13-7-1-2-10(14)9(3-7)12(20)17-8-4-16-18(5-8)6-11(15)19/h1-5H,6H2,(H2,15,19)(H,17,20). The number of primary amides is 1. The van der Waals surface area contributed by atoms with Crippen molar-refractivity contribution in [3.63, 3.8) is 0 Å². The smallest absolute Gasteiger partial charge is 0.257 e. The zero-order chi connectivity index (χ0) is 14.7. The van der Waals surface area contributed by atoms with E-state index in [4.69, 9.17) is 17.3 Å². The molecule has 1 aromatic heterocycles. The van der Waals surface area contributed by atoms with Gasteiger partial charge in [-0.05, 0) is 18.2 Å². The Morgan fingerprint density at radius 1 is 1.45 bits per heavy atom. The summed E-state index contributed by atoms with van der Waals surface area (Å²) in [6.45, 7) is -0.0481. The molecule has 6 nitrogen and oxygen atoms in total. The van der Waals surface area contributed by atoms with Gasteiger partial charge in [-0.2, -0.15) is 5.10 Å². The molecule has 20 heavy (non-hydrogen) atoms. The number of rotatable bonds is 4. The molecule has 0 saturated carbocycles. The number of nitrogens with two attached hydrogens (primary N) is 1. The molecule has 0 radical (unpaired) electrons. The van der Waals surface area contributed by atoms with Crippen LogP contribution in [0.1, 0.15) is 10.4 Å². The number of aromatic nitrogens is 2. The van der Waals surface area contributed by atoms with Crippen LogP contribution in [0.4, 0.5) is 5.69 Å². The van der Waals surface area contributed by atoms with Crippen LogP contribution in [0.3, 0.4) is 0 Å². The maximum absolute atomic E-state index is 12.1. The molecule has 0 aliphatic heterocycles. The minimum atomic E-state index is -0.513. The molecule has 0 aliphatic rings. The van der Waals surface area contributed by atoms with Crippen LogP contribution in [-0.4, -0.2) is 21.6 Å². The fourth-order valence-corrected chi connectivity index (χ4v) is 2.11. The molecule has 0 aliphatic carbocycles. The quantitative estimate of drug-likeness (QED) is 0.877. The van der Waals surface area contributed by atoms with Gasteiger partial charge in [-0.1, -0.05) is 27.5 Å². The van der Waals surface area contributed by atoms with Gasteiger partial charge in [-0.25, -0.2) is 0 Å². The van der Waals surface area contributed by atoms with E-state index in [9.17, 15) is 9.59 Å². The first-order valence-electron chi connectivity index (χ1n) is 5.53. The zero-order valence-corrected chi connectivity index (χ0v) is 12.5. The first kappa shape index (κ1) is 14.5. The molecule has 0 spiro atoms. The zero-order valence-electron chi connectivity index (χ0n) is 10.1. The molecule has 0 atom stereocenters. The summed E-state index contributed by atoms with van der Waals surface area (Å²) in [5.41, 5.74) is 5.84. The third-order valence-electron chi connectivity index (χ3n) is 2.38. The van der Waals surface area contributed by atoms with E-state index in [-0.39, 0.29) is 12.5 Å². The van der Waals surface area contributed by atoms with E-state index in [1.807, 2.05) is 0 Å². The second-order valence-corrected chi connectivity index (χ2v) is 5.29. The van der Waals surface area contributed by atoms with Crippen molar-refractivity contribution >= 4 is 45.0 Å². The van der Waals surface area contributed by atoms with Gasteiger partial charge in [0.2, 0.25) is 5.91 Å². The summed E-state index contributed by atoms with van der Waals surface area (Å²) >= 11 is 9.24. The van der Waals surface area contributed by atoms with Crippen LogP contribution in [0.15, 0.2) is 35.1 Å². The fraction of sp³-hybridized carbons (Fsp3) is 0.0833. The molecule has 2 rings (SSSR count). The normalized spacial score (nSPS) is 10.3. The fourth-order valence-electron chi connectivity index (χ4n) is 1.54. The van der Waals surface area contributed by atoms with Gasteiger partial charge in [0.25, 0.3) is 5.91 Å². The van der Waals surface area contributed by atoms with E-state index in [1.54, 1.807) is 18.2 Å². The maximum Gasteiger partial charge on any atom is 0.257 e. The summed E-state index contributed by atoms with van der Waals surface area (Å²) in [6, 6.07) is 4.98. The van der Waals surface area contributed by atoms with Crippen molar-refractivity contribution in [2.45, 2.75) is 6.54 Å². The molecular formula is C12H10BrClN4O2. The molecule has 0 saturated heterocycles. The molecule has 0 bridgehead atoms. The topological polar surface area (TPSA) is 90.0 Å². The van der Waals surface area contributed by atoms with E-state index >= 15 is 0 Å². The number of nitrogens with zero attached hydrogens (tertiary/aromatic N) is 2. The van der Waals surface area contributed by atoms with Gasteiger partial charge >= 0.3 is 0 Å².